The van der Waals surface area contributed by atoms with Crippen molar-refractivity contribution in [3.63, 3.8) is 0 Å². The molecule has 1 amide bonds. The molecule has 1 fully saturated rings. The van der Waals surface area contributed by atoms with E-state index in [1.54, 1.807) is 0 Å². The van der Waals surface area contributed by atoms with Crippen molar-refractivity contribution >= 4 is 38.2 Å². The lowest BCUT2D eigenvalue weighted by molar-refractivity contribution is 0.0940. The van der Waals surface area contributed by atoms with Crippen molar-refractivity contribution in [2.45, 2.75) is 31.7 Å². The molecule has 1 aliphatic rings. The lowest BCUT2D eigenvalue weighted by atomic mass is 10.0. The number of amides is 1. The Hall–Kier alpha value is -1.33. The summed E-state index contributed by atoms with van der Waals surface area (Å²) in [4.78, 5) is 12.5. The lowest BCUT2D eigenvalue weighted by Crippen LogP contribution is -2.33. The van der Waals surface area contributed by atoms with Gasteiger partial charge in [-0.2, -0.15) is 0 Å². The molecule has 1 aromatic heterocycles. The molecule has 3 nitrogen and oxygen atoms in total. The molecule has 3 rings (SSSR count). The maximum absolute atomic E-state index is 12.5. The van der Waals surface area contributed by atoms with Crippen LogP contribution in [-0.2, 0) is 0 Å². The van der Waals surface area contributed by atoms with Crippen molar-refractivity contribution in [2.24, 2.45) is 0 Å². The normalized spacial score (nSPS) is 15.3. The first-order valence-electron chi connectivity index (χ1n) is 7.09. The first kappa shape index (κ1) is 14.6. The third-order valence-electron chi connectivity index (χ3n) is 3.89. The average molecular weight is 365 g/mol. The molecule has 1 aromatic carbocycles. The van der Waals surface area contributed by atoms with E-state index in [4.69, 9.17) is 5.73 Å². The quantitative estimate of drug-likeness (QED) is 0.845. The van der Waals surface area contributed by atoms with Crippen LogP contribution in [0, 0.1) is 0 Å². The minimum absolute atomic E-state index is 0.0430. The fraction of sp³-hybridized carbons (Fsp3) is 0.312. The number of hydrogen-bond donors (Lipinski definition) is 2. The molecule has 0 unspecified atom stereocenters. The van der Waals surface area contributed by atoms with Crippen LogP contribution in [0.25, 0.3) is 11.1 Å². The predicted octanol–water partition coefficient (Wildman–Crippen LogP) is 4.43. The molecule has 0 saturated heterocycles. The fourth-order valence-corrected chi connectivity index (χ4v) is 3.86. The van der Waals surface area contributed by atoms with Crippen LogP contribution < -0.4 is 11.1 Å². The van der Waals surface area contributed by atoms with Gasteiger partial charge in [-0.25, -0.2) is 0 Å². The number of carbonyl (C=O) groups is 1. The topological polar surface area (TPSA) is 55.1 Å². The second kappa shape index (κ2) is 6.20. The van der Waals surface area contributed by atoms with Crippen molar-refractivity contribution in [3.05, 3.63) is 39.7 Å². The zero-order chi connectivity index (χ0) is 14.8. The van der Waals surface area contributed by atoms with E-state index in [9.17, 15) is 4.79 Å². The van der Waals surface area contributed by atoms with E-state index in [1.165, 1.54) is 24.2 Å². The van der Waals surface area contributed by atoms with E-state index in [1.807, 2.05) is 29.6 Å². The van der Waals surface area contributed by atoms with Gasteiger partial charge in [0.05, 0.1) is 10.6 Å². The van der Waals surface area contributed by atoms with Gasteiger partial charge in [-0.15, -0.1) is 11.3 Å². The maximum atomic E-state index is 12.5. The summed E-state index contributed by atoms with van der Waals surface area (Å²) in [5.41, 5.74) is 8.59. The van der Waals surface area contributed by atoms with E-state index in [0.29, 0.717) is 16.6 Å². The van der Waals surface area contributed by atoms with Gasteiger partial charge in [-0.05, 0) is 30.5 Å². The van der Waals surface area contributed by atoms with Crippen LogP contribution in [0.1, 0.15) is 36.0 Å². The number of carbonyl (C=O) groups excluding carboxylic acids is 1. The summed E-state index contributed by atoms with van der Waals surface area (Å²) in [7, 11) is 0. The summed E-state index contributed by atoms with van der Waals surface area (Å²) in [6.45, 7) is 0. The lowest BCUT2D eigenvalue weighted by Gasteiger charge is -2.13. The monoisotopic (exact) mass is 364 g/mol. The Bertz CT molecular complexity index is 645. The number of nitrogens with one attached hydrogen (secondary N) is 1. The first-order chi connectivity index (χ1) is 10.1. The van der Waals surface area contributed by atoms with Gasteiger partial charge in [0.25, 0.3) is 5.91 Å². The molecule has 110 valence electrons. The number of anilines is 1. The summed E-state index contributed by atoms with van der Waals surface area (Å²) in [6, 6.07) is 8.24. The highest BCUT2D eigenvalue weighted by atomic mass is 79.9. The van der Waals surface area contributed by atoms with Crippen molar-refractivity contribution < 1.29 is 4.79 Å². The van der Waals surface area contributed by atoms with Crippen LogP contribution in [0.5, 0.6) is 0 Å². The van der Waals surface area contributed by atoms with Crippen LogP contribution in [0.4, 0.5) is 5.00 Å². The number of halogens is 1. The van der Waals surface area contributed by atoms with E-state index in [-0.39, 0.29) is 5.91 Å². The summed E-state index contributed by atoms with van der Waals surface area (Å²) in [5, 5.41) is 5.67. The van der Waals surface area contributed by atoms with Crippen LogP contribution in [0.15, 0.2) is 34.1 Å². The van der Waals surface area contributed by atoms with Gasteiger partial charge in [0, 0.05) is 21.5 Å². The Morgan fingerprint density at radius 3 is 2.57 bits per heavy atom. The SMILES string of the molecule is Nc1scc(-c2ccc(Br)cc2)c1C(=O)NC1CCCC1. The number of benzene rings is 1. The molecule has 0 radical (unpaired) electrons. The van der Waals surface area contributed by atoms with Crippen LogP contribution in [0.2, 0.25) is 0 Å². The predicted molar refractivity (Wildman–Crippen MR) is 91.6 cm³/mol. The highest BCUT2D eigenvalue weighted by molar-refractivity contribution is 9.10. The fourth-order valence-electron chi connectivity index (χ4n) is 2.78. The molecule has 1 saturated carbocycles. The summed E-state index contributed by atoms with van der Waals surface area (Å²) >= 11 is 4.85. The highest BCUT2D eigenvalue weighted by Gasteiger charge is 2.23. The summed E-state index contributed by atoms with van der Waals surface area (Å²) in [5.74, 6) is -0.0430. The average Bonchev–Trinajstić information content (AvgIpc) is 3.09. The largest absolute Gasteiger partial charge is 0.390 e. The van der Waals surface area contributed by atoms with Gasteiger partial charge in [-0.3, -0.25) is 4.79 Å². The van der Waals surface area contributed by atoms with E-state index in [0.717, 1.165) is 28.4 Å². The minimum atomic E-state index is -0.0430. The number of nitrogens with two attached hydrogens (primary N) is 1. The third kappa shape index (κ3) is 3.14. The first-order valence-corrected chi connectivity index (χ1v) is 8.76. The number of rotatable bonds is 3. The molecule has 1 heterocycles. The molecule has 3 N–H and O–H groups in total. The van der Waals surface area contributed by atoms with Crippen LogP contribution >= 0.6 is 27.3 Å². The van der Waals surface area contributed by atoms with Crippen molar-refractivity contribution in [1.82, 2.24) is 5.32 Å². The van der Waals surface area contributed by atoms with Gasteiger partial charge >= 0.3 is 0 Å². The molecule has 21 heavy (non-hydrogen) atoms. The Kier molecular flexibility index (Phi) is 4.31. The number of thiophene rings is 1. The Balaban J connectivity index is 1.89. The van der Waals surface area contributed by atoms with Gasteiger partial charge < -0.3 is 11.1 Å². The summed E-state index contributed by atoms with van der Waals surface area (Å²) in [6.07, 6.45) is 4.54. The van der Waals surface area contributed by atoms with Crippen molar-refractivity contribution in [1.29, 1.82) is 0 Å². The van der Waals surface area contributed by atoms with Gasteiger partial charge in [0.2, 0.25) is 0 Å². The zero-order valence-electron chi connectivity index (χ0n) is 11.6. The maximum Gasteiger partial charge on any atom is 0.255 e. The Morgan fingerprint density at radius 2 is 1.90 bits per heavy atom. The highest BCUT2D eigenvalue weighted by Crippen LogP contribution is 2.34. The second-order valence-electron chi connectivity index (χ2n) is 5.35. The van der Waals surface area contributed by atoms with Crippen LogP contribution in [0.3, 0.4) is 0 Å². The molecule has 2 aromatic rings. The number of hydrogen-bond acceptors (Lipinski definition) is 3. The Morgan fingerprint density at radius 1 is 1.24 bits per heavy atom. The standard InChI is InChI=1S/C16H17BrN2OS/c17-11-7-5-10(6-8-11)13-9-21-15(18)14(13)16(20)19-12-3-1-2-4-12/h5-9,12H,1-4,18H2,(H,19,20). The Labute approximate surface area is 136 Å². The van der Waals surface area contributed by atoms with Crippen molar-refractivity contribution in [2.75, 3.05) is 5.73 Å². The van der Waals surface area contributed by atoms with Gasteiger partial charge in [0.1, 0.15) is 0 Å². The molecule has 0 bridgehead atoms. The molecule has 1 aliphatic carbocycles. The molecule has 0 aliphatic heterocycles. The van der Waals surface area contributed by atoms with Crippen molar-refractivity contribution in [3.8, 4) is 11.1 Å². The van der Waals surface area contributed by atoms with Crippen LogP contribution in [-0.4, -0.2) is 11.9 Å². The molecular formula is C16H17BrN2OS. The molecule has 0 spiro atoms. The smallest absolute Gasteiger partial charge is 0.255 e. The molecular weight excluding hydrogens is 348 g/mol. The van der Waals surface area contributed by atoms with E-state index >= 15 is 0 Å². The zero-order valence-corrected chi connectivity index (χ0v) is 14.0. The second-order valence-corrected chi connectivity index (χ2v) is 7.18. The minimum Gasteiger partial charge on any atom is -0.390 e. The van der Waals surface area contributed by atoms with Gasteiger partial charge in [-0.1, -0.05) is 40.9 Å². The number of nitrogen functional groups attached to an aromatic ring is 1. The molecule has 5 heteroatoms. The van der Waals surface area contributed by atoms with E-state index < -0.39 is 0 Å². The molecule has 0 atom stereocenters. The summed E-state index contributed by atoms with van der Waals surface area (Å²) < 4.78 is 1.02. The van der Waals surface area contributed by atoms with Gasteiger partial charge in [0.15, 0.2) is 0 Å². The third-order valence-corrected chi connectivity index (χ3v) is 5.23. The van der Waals surface area contributed by atoms with E-state index in [2.05, 4.69) is 21.2 Å².